The normalized spacial score (nSPS) is 12.8. The second-order valence-corrected chi connectivity index (χ2v) is 5.88. The van der Waals surface area contributed by atoms with Crippen LogP contribution in [0.1, 0.15) is 25.7 Å². The lowest BCUT2D eigenvalue weighted by molar-refractivity contribution is 0.194. The summed E-state index contributed by atoms with van der Waals surface area (Å²) in [5, 5.41) is 14.2. The molecule has 1 heterocycles. The monoisotopic (exact) mass is 295 g/mol. The summed E-state index contributed by atoms with van der Waals surface area (Å²) in [7, 11) is 0. The molecule has 1 atom stereocenters. The van der Waals surface area contributed by atoms with Crippen LogP contribution >= 0.6 is 11.8 Å². The van der Waals surface area contributed by atoms with Gasteiger partial charge in [-0.1, -0.05) is 12.1 Å². The Balaban J connectivity index is 1.91. The minimum Gasteiger partial charge on any atom is -0.392 e. The number of halogens is 1. The molecular weight excluding hydrogens is 277 g/mol. The first-order chi connectivity index (χ1) is 9.58. The molecule has 6 heteroatoms. The van der Waals surface area contributed by atoms with Gasteiger partial charge in [0, 0.05) is 23.1 Å². The van der Waals surface area contributed by atoms with Crippen LogP contribution in [-0.2, 0) is 6.42 Å². The molecule has 0 aliphatic heterocycles. The van der Waals surface area contributed by atoms with Crippen LogP contribution in [0.2, 0.25) is 0 Å². The predicted molar refractivity (Wildman–Crippen MR) is 77.2 cm³/mol. The Hall–Kier alpha value is -1.40. The first-order valence-corrected chi connectivity index (χ1v) is 7.50. The molecule has 1 aromatic heterocycles. The van der Waals surface area contributed by atoms with Crippen LogP contribution in [0.15, 0.2) is 35.5 Å². The smallest absolute Gasteiger partial charge is 0.138 e. The standard InChI is InChI=1S/C14H18FN3OS/c1-10(2)18-14(16-9-17-18)7-11(19)8-20-13-6-4-3-5-12(13)15/h3-6,9-11,19H,7-8H2,1-2H3. The molecule has 2 aromatic rings. The van der Waals surface area contributed by atoms with E-state index in [1.807, 2.05) is 13.8 Å². The van der Waals surface area contributed by atoms with Crippen LogP contribution in [-0.4, -0.2) is 31.7 Å². The highest BCUT2D eigenvalue weighted by Gasteiger charge is 2.14. The summed E-state index contributed by atoms with van der Waals surface area (Å²) in [5.74, 6) is 0.919. The maximum atomic E-state index is 13.5. The van der Waals surface area contributed by atoms with Gasteiger partial charge in [-0.3, -0.25) is 0 Å². The number of hydrogen-bond donors (Lipinski definition) is 1. The van der Waals surface area contributed by atoms with Crippen molar-refractivity contribution in [3.05, 3.63) is 42.2 Å². The molecule has 0 spiro atoms. The van der Waals surface area contributed by atoms with Gasteiger partial charge >= 0.3 is 0 Å². The van der Waals surface area contributed by atoms with Gasteiger partial charge < -0.3 is 5.11 Å². The van der Waals surface area contributed by atoms with Gasteiger partial charge in [0.1, 0.15) is 18.0 Å². The largest absolute Gasteiger partial charge is 0.392 e. The molecule has 0 aliphatic carbocycles. The third-order valence-corrected chi connectivity index (χ3v) is 4.02. The number of aliphatic hydroxyl groups excluding tert-OH is 1. The van der Waals surface area contributed by atoms with Crippen LogP contribution in [0.3, 0.4) is 0 Å². The van der Waals surface area contributed by atoms with Gasteiger partial charge in [-0.15, -0.1) is 11.8 Å². The summed E-state index contributed by atoms with van der Waals surface area (Å²) in [6, 6.07) is 6.78. The zero-order valence-corrected chi connectivity index (χ0v) is 12.3. The maximum absolute atomic E-state index is 13.5. The third-order valence-electron chi connectivity index (χ3n) is 2.82. The molecule has 0 radical (unpaired) electrons. The van der Waals surface area contributed by atoms with Crippen molar-refractivity contribution in [2.45, 2.75) is 37.3 Å². The Labute approximate surface area is 122 Å². The predicted octanol–water partition coefficient (Wildman–Crippen LogP) is 2.69. The fraction of sp³-hybridized carbons (Fsp3) is 0.429. The lowest BCUT2D eigenvalue weighted by atomic mass is 10.2. The van der Waals surface area contributed by atoms with Crippen molar-refractivity contribution in [3.63, 3.8) is 0 Å². The van der Waals surface area contributed by atoms with E-state index in [0.29, 0.717) is 17.1 Å². The van der Waals surface area contributed by atoms with E-state index >= 15 is 0 Å². The highest BCUT2D eigenvalue weighted by Crippen LogP contribution is 2.22. The summed E-state index contributed by atoms with van der Waals surface area (Å²) in [6.07, 6.45) is 1.33. The van der Waals surface area contributed by atoms with Crippen molar-refractivity contribution in [3.8, 4) is 0 Å². The SMILES string of the molecule is CC(C)n1ncnc1CC(O)CSc1ccccc1F. The molecule has 1 N–H and O–H groups in total. The first-order valence-electron chi connectivity index (χ1n) is 6.51. The van der Waals surface area contributed by atoms with E-state index in [1.165, 1.54) is 24.2 Å². The molecule has 0 saturated heterocycles. The minimum absolute atomic E-state index is 0.207. The zero-order chi connectivity index (χ0) is 14.5. The fourth-order valence-electron chi connectivity index (χ4n) is 1.87. The van der Waals surface area contributed by atoms with Crippen LogP contribution in [0.4, 0.5) is 4.39 Å². The molecule has 1 unspecified atom stereocenters. The van der Waals surface area contributed by atoms with Gasteiger partial charge in [0.25, 0.3) is 0 Å². The van der Waals surface area contributed by atoms with E-state index < -0.39 is 6.10 Å². The third kappa shape index (κ3) is 3.80. The number of benzene rings is 1. The molecular formula is C14H18FN3OS. The number of thioether (sulfide) groups is 1. The molecule has 0 aliphatic rings. The molecule has 2 rings (SSSR count). The molecule has 0 fully saturated rings. The second kappa shape index (κ2) is 6.85. The van der Waals surface area contributed by atoms with E-state index in [2.05, 4.69) is 10.1 Å². The van der Waals surface area contributed by atoms with E-state index in [-0.39, 0.29) is 11.9 Å². The fourth-order valence-corrected chi connectivity index (χ4v) is 2.74. The Kier molecular flexibility index (Phi) is 5.14. The molecule has 0 bridgehead atoms. The number of nitrogens with zero attached hydrogens (tertiary/aromatic N) is 3. The average molecular weight is 295 g/mol. The summed E-state index contributed by atoms with van der Waals surface area (Å²) in [5.41, 5.74) is 0. The van der Waals surface area contributed by atoms with Gasteiger partial charge in [0.05, 0.1) is 6.10 Å². The summed E-state index contributed by atoms with van der Waals surface area (Å²) in [4.78, 5) is 4.71. The topological polar surface area (TPSA) is 50.9 Å². The Morgan fingerprint density at radius 2 is 2.10 bits per heavy atom. The molecule has 0 amide bonds. The number of aliphatic hydroxyl groups is 1. The van der Waals surface area contributed by atoms with Crippen molar-refractivity contribution >= 4 is 11.8 Å². The molecule has 4 nitrogen and oxygen atoms in total. The Morgan fingerprint density at radius 1 is 1.35 bits per heavy atom. The summed E-state index contributed by atoms with van der Waals surface area (Å²) >= 11 is 1.31. The van der Waals surface area contributed by atoms with Gasteiger partial charge in [-0.2, -0.15) is 5.10 Å². The van der Waals surface area contributed by atoms with E-state index in [9.17, 15) is 9.50 Å². The molecule has 0 saturated carbocycles. The average Bonchev–Trinajstić information content (AvgIpc) is 2.86. The van der Waals surface area contributed by atoms with Crippen molar-refractivity contribution in [2.75, 3.05) is 5.75 Å². The number of aromatic nitrogens is 3. The Morgan fingerprint density at radius 3 is 2.80 bits per heavy atom. The van der Waals surface area contributed by atoms with E-state index in [0.717, 1.165) is 5.82 Å². The van der Waals surface area contributed by atoms with Crippen molar-refractivity contribution in [2.24, 2.45) is 0 Å². The van der Waals surface area contributed by atoms with Gasteiger partial charge in [-0.25, -0.2) is 14.1 Å². The quantitative estimate of drug-likeness (QED) is 0.833. The second-order valence-electron chi connectivity index (χ2n) is 4.81. The van der Waals surface area contributed by atoms with Crippen LogP contribution in [0.25, 0.3) is 0 Å². The molecule has 20 heavy (non-hydrogen) atoms. The highest BCUT2D eigenvalue weighted by molar-refractivity contribution is 7.99. The minimum atomic E-state index is -0.582. The van der Waals surface area contributed by atoms with Gasteiger partial charge in [0.2, 0.25) is 0 Å². The first kappa shape index (κ1) is 15.0. The van der Waals surface area contributed by atoms with Crippen molar-refractivity contribution in [1.82, 2.24) is 14.8 Å². The maximum Gasteiger partial charge on any atom is 0.138 e. The van der Waals surface area contributed by atoms with Crippen LogP contribution in [0.5, 0.6) is 0 Å². The molecule has 1 aromatic carbocycles. The van der Waals surface area contributed by atoms with Crippen LogP contribution < -0.4 is 0 Å². The van der Waals surface area contributed by atoms with Gasteiger partial charge in [0.15, 0.2) is 0 Å². The summed E-state index contributed by atoms with van der Waals surface area (Å²) in [6.45, 7) is 4.03. The van der Waals surface area contributed by atoms with Crippen molar-refractivity contribution < 1.29 is 9.50 Å². The Bertz CT molecular complexity index is 559. The zero-order valence-electron chi connectivity index (χ0n) is 11.5. The van der Waals surface area contributed by atoms with E-state index in [4.69, 9.17) is 0 Å². The van der Waals surface area contributed by atoms with Gasteiger partial charge in [-0.05, 0) is 26.0 Å². The lowest BCUT2D eigenvalue weighted by Gasteiger charge is -2.13. The van der Waals surface area contributed by atoms with Crippen molar-refractivity contribution in [1.29, 1.82) is 0 Å². The lowest BCUT2D eigenvalue weighted by Crippen LogP contribution is -2.18. The summed E-state index contributed by atoms with van der Waals surface area (Å²) < 4.78 is 15.2. The number of rotatable bonds is 6. The van der Waals surface area contributed by atoms with Crippen LogP contribution in [0, 0.1) is 5.82 Å². The highest BCUT2D eigenvalue weighted by atomic mass is 32.2. The number of hydrogen-bond acceptors (Lipinski definition) is 4. The van der Waals surface area contributed by atoms with E-state index in [1.54, 1.807) is 22.9 Å². The molecule has 108 valence electrons.